The number of aryl methyl sites for hydroxylation is 1. The van der Waals surface area contributed by atoms with Crippen molar-refractivity contribution >= 4 is 12.4 Å². The van der Waals surface area contributed by atoms with Gasteiger partial charge in [-0.1, -0.05) is 42.0 Å². The van der Waals surface area contributed by atoms with Crippen LogP contribution >= 0.6 is 12.4 Å². The molecule has 0 spiro atoms. The Balaban J connectivity index is 0.00000312. The Labute approximate surface area is 156 Å². The summed E-state index contributed by atoms with van der Waals surface area (Å²) in [6.45, 7) is 7.40. The Morgan fingerprint density at radius 2 is 1.76 bits per heavy atom. The van der Waals surface area contributed by atoms with Crippen LogP contribution < -0.4 is 14.8 Å². The zero-order valence-corrected chi connectivity index (χ0v) is 16.0. The first kappa shape index (κ1) is 21.3. The Hall–Kier alpha value is -1.75. The molecule has 0 saturated carbocycles. The van der Waals surface area contributed by atoms with Crippen LogP contribution in [0.5, 0.6) is 11.5 Å². The van der Waals surface area contributed by atoms with E-state index in [9.17, 15) is 0 Å². The number of ether oxygens (including phenoxy) is 3. The fraction of sp³-hybridized carbons (Fsp3) is 0.400. The van der Waals surface area contributed by atoms with Crippen LogP contribution in [-0.4, -0.2) is 26.9 Å². The van der Waals surface area contributed by atoms with Crippen molar-refractivity contribution in [3.8, 4) is 11.5 Å². The van der Waals surface area contributed by atoms with Gasteiger partial charge in [-0.25, -0.2) is 0 Å². The highest BCUT2D eigenvalue weighted by Crippen LogP contribution is 2.32. The molecule has 0 amide bonds. The minimum absolute atomic E-state index is 0. The van der Waals surface area contributed by atoms with Crippen LogP contribution in [0.1, 0.15) is 23.6 Å². The van der Waals surface area contributed by atoms with Crippen molar-refractivity contribution < 1.29 is 14.2 Å². The van der Waals surface area contributed by atoms with Crippen LogP contribution in [0.25, 0.3) is 0 Å². The highest BCUT2D eigenvalue weighted by Gasteiger charge is 2.11. The third-order valence-electron chi connectivity index (χ3n) is 3.66. The second kappa shape index (κ2) is 11.7. The molecule has 5 heteroatoms. The Morgan fingerprint density at radius 3 is 2.44 bits per heavy atom. The van der Waals surface area contributed by atoms with Gasteiger partial charge >= 0.3 is 0 Å². The lowest BCUT2D eigenvalue weighted by Gasteiger charge is -2.16. The van der Waals surface area contributed by atoms with Gasteiger partial charge in [0, 0.05) is 25.8 Å². The van der Waals surface area contributed by atoms with E-state index < -0.39 is 0 Å². The normalized spacial score (nSPS) is 10.2. The van der Waals surface area contributed by atoms with Crippen molar-refractivity contribution in [3.05, 3.63) is 59.2 Å². The molecular weight excluding hydrogens is 338 g/mol. The molecule has 25 heavy (non-hydrogen) atoms. The fourth-order valence-corrected chi connectivity index (χ4v) is 2.37. The standard InChI is InChI=1S/C20H27NO3.ClH/c1-4-23-19-7-5-6-18(14-21-12-13-22-3)20(19)24-15-17-10-8-16(2)9-11-17;/h5-11,21H,4,12-15H2,1-3H3;1H. The van der Waals surface area contributed by atoms with E-state index in [1.165, 1.54) is 5.56 Å². The van der Waals surface area contributed by atoms with Gasteiger partial charge in [0.1, 0.15) is 6.61 Å². The quantitative estimate of drug-likeness (QED) is 0.642. The summed E-state index contributed by atoms with van der Waals surface area (Å²) in [6, 6.07) is 14.4. The minimum Gasteiger partial charge on any atom is -0.490 e. The number of halogens is 1. The van der Waals surface area contributed by atoms with Crippen LogP contribution in [-0.2, 0) is 17.9 Å². The van der Waals surface area contributed by atoms with Gasteiger partial charge in [-0.15, -0.1) is 12.4 Å². The lowest BCUT2D eigenvalue weighted by atomic mass is 10.1. The van der Waals surface area contributed by atoms with Crippen molar-refractivity contribution in [1.82, 2.24) is 5.32 Å². The summed E-state index contributed by atoms with van der Waals surface area (Å²) in [5, 5.41) is 3.36. The number of methoxy groups -OCH3 is 1. The SMILES string of the molecule is CCOc1cccc(CNCCOC)c1OCc1ccc(C)cc1.Cl. The van der Waals surface area contributed by atoms with E-state index >= 15 is 0 Å². The first-order valence-corrected chi connectivity index (χ1v) is 8.37. The molecule has 0 aliphatic heterocycles. The van der Waals surface area contributed by atoms with Crippen molar-refractivity contribution in [2.75, 3.05) is 26.9 Å². The number of rotatable bonds is 10. The molecule has 0 fully saturated rings. The average molecular weight is 366 g/mol. The van der Waals surface area contributed by atoms with Gasteiger partial charge in [-0.2, -0.15) is 0 Å². The van der Waals surface area contributed by atoms with Crippen LogP contribution in [0.4, 0.5) is 0 Å². The molecule has 4 nitrogen and oxygen atoms in total. The van der Waals surface area contributed by atoms with E-state index in [-0.39, 0.29) is 12.4 Å². The number of hydrogen-bond acceptors (Lipinski definition) is 4. The third kappa shape index (κ3) is 6.94. The zero-order chi connectivity index (χ0) is 17.2. The third-order valence-corrected chi connectivity index (χ3v) is 3.66. The molecular formula is C20H28ClNO3. The van der Waals surface area contributed by atoms with Gasteiger partial charge in [0.2, 0.25) is 0 Å². The number of nitrogens with one attached hydrogen (secondary N) is 1. The van der Waals surface area contributed by atoms with Gasteiger partial charge in [-0.3, -0.25) is 0 Å². The fourth-order valence-electron chi connectivity index (χ4n) is 2.37. The molecule has 0 unspecified atom stereocenters. The summed E-state index contributed by atoms with van der Waals surface area (Å²) in [6.07, 6.45) is 0. The lowest BCUT2D eigenvalue weighted by molar-refractivity contribution is 0.199. The van der Waals surface area contributed by atoms with Gasteiger partial charge in [0.05, 0.1) is 13.2 Å². The average Bonchev–Trinajstić information content (AvgIpc) is 2.60. The van der Waals surface area contributed by atoms with Crippen LogP contribution in [0.15, 0.2) is 42.5 Å². The minimum atomic E-state index is 0. The highest BCUT2D eigenvalue weighted by atomic mass is 35.5. The van der Waals surface area contributed by atoms with Crippen LogP contribution in [0, 0.1) is 6.92 Å². The molecule has 0 atom stereocenters. The summed E-state index contributed by atoms with van der Waals surface area (Å²) in [7, 11) is 1.70. The molecule has 0 radical (unpaired) electrons. The second-order valence-electron chi connectivity index (χ2n) is 5.62. The first-order chi connectivity index (χ1) is 11.7. The molecule has 0 aliphatic carbocycles. The van der Waals surface area contributed by atoms with Gasteiger partial charge < -0.3 is 19.5 Å². The predicted octanol–water partition coefficient (Wildman–Crippen LogP) is 4.13. The van der Waals surface area contributed by atoms with Gasteiger partial charge in [0.25, 0.3) is 0 Å². The highest BCUT2D eigenvalue weighted by molar-refractivity contribution is 5.85. The van der Waals surface area contributed by atoms with E-state index in [0.29, 0.717) is 26.4 Å². The van der Waals surface area contributed by atoms with E-state index in [1.54, 1.807) is 7.11 Å². The summed E-state index contributed by atoms with van der Waals surface area (Å²) in [5.74, 6) is 1.60. The monoisotopic (exact) mass is 365 g/mol. The van der Waals surface area contributed by atoms with E-state index in [0.717, 1.165) is 29.2 Å². The predicted molar refractivity (Wildman–Crippen MR) is 104 cm³/mol. The maximum absolute atomic E-state index is 6.11. The van der Waals surface area contributed by atoms with Gasteiger partial charge in [0.15, 0.2) is 11.5 Å². The molecule has 138 valence electrons. The molecule has 2 aromatic rings. The largest absolute Gasteiger partial charge is 0.490 e. The molecule has 2 aromatic carbocycles. The maximum atomic E-state index is 6.11. The number of benzene rings is 2. The summed E-state index contributed by atoms with van der Waals surface area (Å²) >= 11 is 0. The summed E-state index contributed by atoms with van der Waals surface area (Å²) < 4.78 is 16.9. The Bertz CT molecular complexity index is 617. The van der Waals surface area contributed by atoms with E-state index in [1.807, 2.05) is 19.1 Å². The number of para-hydroxylation sites is 1. The summed E-state index contributed by atoms with van der Waals surface area (Å²) in [4.78, 5) is 0. The number of hydrogen-bond donors (Lipinski definition) is 1. The summed E-state index contributed by atoms with van der Waals surface area (Å²) in [5.41, 5.74) is 3.48. The van der Waals surface area contributed by atoms with Gasteiger partial charge in [-0.05, 0) is 25.5 Å². The van der Waals surface area contributed by atoms with E-state index in [4.69, 9.17) is 14.2 Å². The molecule has 2 rings (SSSR count). The molecule has 0 aromatic heterocycles. The van der Waals surface area contributed by atoms with Crippen molar-refractivity contribution in [3.63, 3.8) is 0 Å². The van der Waals surface area contributed by atoms with E-state index in [2.05, 4.69) is 42.6 Å². The van der Waals surface area contributed by atoms with Crippen molar-refractivity contribution in [2.24, 2.45) is 0 Å². The zero-order valence-electron chi connectivity index (χ0n) is 15.2. The first-order valence-electron chi connectivity index (χ1n) is 8.37. The molecule has 0 bridgehead atoms. The Kier molecular flexibility index (Phi) is 10.0. The lowest BCUT2D eigenvalue weighted by Crippen LogP contribution is -2.19. The molecule has 0 aliphatic rings. The molecule has 0 heterocycles. The molecule has 1 N–H and O–H groups in total. The Morgan fingerprint density at radius 1 is 1.00 bits per heavy atom. The second-order valence-corrected chi connectivity index (χ2v) is 5.62. The smallest absolute Gasteiger partial charge is 0.166 e. The van der Waals surface area contributed by atoms with Crippen molar-refractivity contribution in [2.45, 2.75) is 27.0 Å². The molecule has 0 saturated heterocycles. The topological polar surface area (TPSA) is 39.7 Å². The van der Waals surface area contributed by atoms with Crippen LogP contribution in [0.2, 0.25) is 0 Å². The maximum Gasteiger partial charge on any atom is 0.166 e. The van der Waals surface area contributed by atoms with Crippen molar-refractivity contribution in [1.29, 1.82) is 0 Å². The van der Waals surface area contributed by atoms with Crippen LogP contribution in [0.3, 0.4) is 0 Å².